The van der Waals surface area contributed by atoms with Crippen molar-refractivity contribution in [1.82, 2.24) is 5.32 Å². The predicted octanol–water partition coefficient (Wildman–Crippen LogP) is 2.74. The van der Waals surface area contributed by atoms with Crippen LogP contribution in [0.15, 0.2) is 28.7 Å². The zero-order valence-corrected chi connectivity index (χ0v) is 13.5. The van der Waals surface area contributed by atoms with E-state index < -0.39 is 6.10 Å². The highest BCUT2D eigenvalue weighted by atomic mass is 79.9. The largest absolute Gasteiger partial charge is 0.494 e. The molecule has 2 N–H and O–H groups in total. The average Bonchev–Trinajstić information content (AvgIpc) is 2.42. The minimum atomic E-state index is -0.488. The van der Waals surface area contributed by atoms with Gasteiger partial charge in [0, 0.05) is 17.4 Å². The van der Waals surface area contributed by atoms with Gasteiger partial charge in [0.2, 0.25) is 5.91 Å². The average molecular weight is 344 g/mol. The number of hydrogen-bond donors (Lipinski definition) is 2. The van der Waals surface area contributed by atoms with Gasteiger partial charge in [-0.25, -0.2) is 0 Å². The maximum atomic E-state index is 11.5. The third-order valence-electron chi connectivity index (χ3n) is 2.91. The smallest absolute Gasteiger partial charge is 0.220 e. The van der Waals surface area contributed by atoms with Crippen molar-refractivity contribution in [2.75, 3.05) is 13.2 Å². The molecule has 0 saturated heterocycles. The molecule has 4 nitrogen and oxygen atoms in total. The molecule has 112 valence electrons. The molecule has 0 heterocycles. The molecule has 0 saturated carbocycles. The van der Waals surface area contributed by atoms with Crippen LogP contribution < -0.4 is 10.1 Å². The van der Waals surface area contributed by atoms with Crippen molar-refractivity contribution in [3.8, 4) is 5.75 Å². The highest BCUT2D eigenvalue weighted by Gasteiger charge is 2.10. The normalized spacial score (nSPS) is 12.2. The van der Waals surface area contributed by atoms with Crippen LogP contribution in [0.25, 0.3) is 0 Å². The molecule has 1 rings (SSSR count). The molecule has 1 aromatic rings. The molecule has 20 heavy (non-hydrogen) atoms. The molecule has 1 aromatic carbocycles. The zero-order chi connectivity index (χ0) is 15.0. The molecule has 1 amide bonds. The summed E-state index contributed by atoms with van der Waals surface area (Å²) >= 11 is 3.36. The van der Waals surface area contributed by atoms with Gasteiger partial charge in [0.15, 0.2) is 0 Å². The van der Waals surface area contributed by atoms with Crippen molar-refractivity contribution in [3.05, 3.63) is 28.7 Å². The first kappa shape index (κ1) is 17.0. The van der Waals surface area contributed by atoms with Crippen LogP contribution in [0.3, 0.4) is 0 Å². The Hall–Kier alpha value is -1.07. The van der Waals surface area contributed by atoms with E-state index in [4.69, 9.17) is 4.74 Å². The number of hydrogen-bond acceptors (Lipinski definition) is 3. The second-order valence-electron chi connectivity index (χ2n) is 5.02. The summed E-state index contributed by atoms with van der Waals surface area (Å²) in [4.78, 5) is 11.5. The molecule has 0 aliphatic rings. The van der Waals surface area contributed by atoms with Gasteiger partial charge in [0.05, 0.1) is 12.7 Å². The van der Waals surface area contributed by atoms with E-state index >= 15 is 0 Å². The molecule has 0 radical (unpaired) electrons. The van der Waals surface area contributed by atoms with Crippen LogP contribution in [0.2, 0.25) is 0 Å². The number of nitrogens with one attached hydrogen (secondary N) is 1. The van der Waals surface area contributed by atoms with Crippen LogP contribution >= 0.6 is 15.9 Å². The number of halogens is 1. The van der Waals surface area contributed by atoms with E-state index in [0.29, 0.717) is 26.0 Å². The Morgan fingerprint density at radius 3 is 2.60 bits per heavy atom. The van der Waals surface area contributed by atoms with Crippen LogP contribution in [0.1, 0.15) is 26.7 Å². The molecule has 0 bridgehead atoms. The molecular weight excluding hydrogens is 322 g/mol. The fourth-order valence-electron chi connectivity index (χ4n) is 1.50. The van der Waals surface area contributed by atoms with Crippen molar-refractivity contribution >= 4 is 21.8 Å². The Morgan fingerprint density at radius 2 is 2.00 bits per heavy atom. The van der Waals surface area contributed by atoms with Gasteiger partial charge < -0.3 is 15.2 Å². The van der Waals surface area contributed by atoms with E-state index in [9.17, 15) is 9.90 Å². The van der Waals surface area contributed by atoms with Crippen molar-refractivity contribution < 1.29 is 14.6 Å². The van der Waals surface area contributed by atoms with Crippen molar-refractivity contribution in [2.45, 2.75) is 32.8 Å². The van der Waals surface area contributed by atoms with E-state index in [1.165, 1.54) is 0 Å². The summed E-state index contributed by atoms with van der Waals surface area (Å²) < 4.78 is 6.53. The summed E-state index contributed by atoms with van der Waals surface area (Å²) in [5.74, 6) is 0.893. The van der Waals surface area contributed by atoms with Gasteiger partial charge in [0.25, 0.3) is 0 Å². The van der Waals surface area contributed by atoms with E-state index in [1.54, 1.807) is 0 Å². The van der Waals surface area contributed by atoms with Gasteiger partial charge in [-0.3, -0.25) is 4.79 Å². The van der Waals surface area contributed by atoms with Gasteiger partial charge in [-0.15, -0.1) is 0 Å². The van der Waals surface area contributed by atoms with Gasteiger partial charge >= 0.3 is 0 Å². The van der Waals surface area contributed by atoms with Crippen LogP contribution in [-0.2, 0) is 4.79 Å². The monoisotopic (exact) mass is 343 g/mol. The molecule has 0 fully saturated rings. The van der Waals surface area contributed by atoms with Gasteiger partial charge in [0.1, 0.15) is 5.75 Å². The third kappa shape index (κ3) is 6.91. The quantitative estimate of drug-likeness (QED) is 0.713. The first-order valence-electron chi connectivity index (χ1n) is 6.82. The highest BCUT2D eigenvalue weighted by Crippen LogP contribution is 2.16. The zero-order valence-electron chi connectivity index (χ0n) is 11.9. The van der Waals surface area contributed by atoms with E-state index in [2.05, 4.69) is 21.2 Å². The summed E-state index contributed by atoms with van der Waals surface area (Å²) in [6.07, 6.45) is 0.569. The molecule has 0 aliphatic heterocycles. The highest BCUT2D eigenvalue weighted by molar-refractivity contribution is 9.10. The summed E-state index contributed by atoms with van der Waals surface area (Å²) in [5.41, 5.74) is 0. The number of rotatable bonds is 8. The number of amides is 1. The molecule has 0 spiro atoms. The van der Waals surface area contributed by atoms with Crippen LogP contribution in [0, 0.1) is 5.92 Å². The van der Waals surface area contributed by atoms with Crippen molar-refractivity contribution in [2.24, 2.45) is 5.92 Å². The SMILES string of the molecule is CC(C)C(O)CNC(=O)CCCOc1ccc(Br)cc1. The van der Waals surface area contributed by atoms with E-state index in [-0.39, 0.29) is 11.8 Å². The fraction of sp³-hybridized carbons (Fsp3) is 0.533. The van der Waals surface area contributed by atoms with Gasteiger partial charge in [-0.05, 0) is 36.6 Å². The Kier molecular flexibility index (Phi) is 7.62. The number of carbonyl (C=O) groups excluding carboxylic acids is 1. The first-order chi connectivity index (χ1) is 9.49. The Balaban J connectivity index is 2.11. The van der Waals surface area contributed by atoms with Gasteiger partial charge in [-0.1, -0.05) is 29.8 Å². The lowest BCUT2D eigenvalue weighted by molar-refractivity contribution is -0.121. The Morgan fingerprint density at radius 1 is 1.35 bits per heavy atom. The standard InChI is InChI=1S/C15H22BrNO3/c1-11(2)14(18)10-17-15(19)4-3-9-20-13-7-5-12(16)6-8-13/h5-8,11,14,18H,3-4,9-10H2,1-2H3,(H,17,19). The second kappa shape index (κ2) is 8.97. The number of aliphatic hydroxyl groups is 1. The lowest BCUT2D eigenvalue weighted by atomic mass is 10.1. The maximum Gasteiger partial charge on any atom is 0.220 e. The fourth-order valence-corrected chi connectivity index (χ4v) is 1.76. The number of ether oxygens (including phenoxy) is 1. The van der Waals surface area contributed by atoms with Crippen LogP contribution in [0.4, 0.5) is 0 Å². The molecule has 5 heteroatoms. The lowest BCUT2D eigenvalue weighted by Crippen LogP contribution is -2.34. The minimum Gasteiger partial charge on any atom is -0.494 e. The van der Waals surface area contributed by atoms with Crippen molar-refractivity contribution in [1.29, 1.82) is 0 Å². The summed E-state index contributed by atoms with van der Waals surface area (Å²) in [6, 6.07) is 7.58. The summed E-state index contributed by atoms with van der Waals surface area (Å²) in [5, 5.41) is 12.3. The Bertz CT molecular complexity index is 406. The maximum absolute atomic E-state index is 11.5. The first-order valence-corrected chi connectivity index (χ1v) is 7.61. The van der Waals surface area contributed by atoms with E-state index in [0.717, 1.165) is 10.2 Å². The number of benzene rings is 1. The van der Waals surface area contributed by atoms with Crippen molar-refractivity contribution in [3.63, 3.8) is 0 Å². The molecule has 0 aromatic heterocycles. The van der Waals surface area contributed by atoms with Crippen LogP contribution in [-0.4, -0.2) is 30.3 Å². The van der Waals surface area contributed by atoms with Crippen LogP contribution in [0.5, 0.6) is 5.75 Å². The lowest BCUT2D eigenvalue weighted by Gasteiger charge is -2.15. The van der Waals surface area contributed by atoms with E-state index in [1.807, 2.05) is 38.1 Å². The minimum absolute atomic E-state index is 0.0518. The topological polar surface area (TPSA) is 58.6 Å². The second-order valence-corrected chi connectivity index (χ2v) is 5.94. The van der Waals surface area contributed by atoms with Gasteiger partial charge in [-0.2, -0.15) is 0 Å². The number of carbonyl (C=O) groups is 1. The molecule has 0 aliphatic carbocycles. The Labute approximate surface area is 128 Å². The third-order valence-corrected chi connectivity index (χ3v) is 3.44. The molecular formula is C15H22BrNO3. The predicted molar refractivity (Wildman–Crippen MR) is 82.7 cm³/mol. The summed E-state index contributed by atoms with van der Waals surface area (Å²) in [7, 11) is 0. The number of aliphatic hydroxyl groups excluding tert-OH is 1. The summed E-state index contributed by atoms with van der Waals surface area (Å²) in [6.45, 7) is 4.65. The molecule has 1 unspecified atom stereocenters. The molecule has 1 atom stereocenters.